The number of hydrogen-bond donors (Lipinski definition) is 1. The first-order valence-corrected chi connectivity index (χ1v) is 12.9. The molecule has 5 rings (SSSR count). The molecule has 0 radical (unpaired) electrons. The minimum Gasteiger partial charge on any atom is -0.493 e. The van der Waals surface area contributed by atoms with Crippen LogP contribution < -0.4 is 0 Å². The number of allylic oxidation sites excluding steroid dienone is 3. The zero-order valence-electron chi connectivity index (χ0n) is 20.9. The Labute approximate surface area is 212 Å². The third-order valence-electron chi connectivity index (χ3n) is 7.68. The lowest BCUT2D eigenvalue weighted by Gasteiger charge is -2.30. The lowest BCUT2D eigenvalue weighted by atomic mass is 9.76. The van der Waals surface area contributed by atoms with Crippen LogP contribution in [0.3, 0.4) is 0 Å². The number of fused-ring (bicyclic) bond motifs is 1. The Hall–Kier alpha value is -3.60. The number of carboxylic acid groups (broad SMARTS) is 1. The maximum absolute atomic E-state index is 11.9. The minimum absolute atomic E-state index is 0.156. The van der Waals surface area contributed by atoms with Gasteiger partial charge in [-0.25, -0.2) is 4.98 Å². The van der Waals surface area contributed by atoms with Crippen LogP contribution in [0, 0.1) is 30.6 Å². The highest BCUT2D eigenvalue weighted by molar-refractivity contribution is 5.79. The van der Waals surface area contributed by atoms with E-state index >= 15 is 0 Å². The second kappa shape index (κ2) is 10.6. The Morgan fingerprint density at radius 1 is 1.06 bits per heavy atom. The van der Waals surface area contributed by atoms with Crippen LogP contribution in [0.15, 0.2) is 83.0 Å². The van der Waals surface area contributed by atoms with Crippen molar-refractivity contribution >= 4 is 11.5 Å². The maximum Gasteiger partial charge on any atom is 0.306 e. The number of benzene rings is 2. The molecule has 186 valence electrons. The van der Waals surface area contributed by atoms with Gasteiger partial charge in [0.2, 0.25) is 5.89 Å². The number of rotatable bonds is 9. The van der Waals surface area contributed by atoms with Crippen LogP contribution in [0.4, 0.5) is 0 Å². The van der Waals surface area contributed by atoms with Crippen molar-refractivity contribution in [2.24, 2.45) is 23.7 Å². The van der Waals surface area contributed by atoms with E-state index in [1.54, 1.807) is 0 Å². The zero-order chi connectivity index (χ0) is 25.1. The maximum atomic E-state index is 11.9. The van der Waals surface area contributed by atoms with E-state index in [1.165, 1.54) is 0 Å². The number of aryl methyl sites for hydroxylation is 1. The van der Waals surface area contributed by atoms with Gasteiger partial charge in [0.15, 0.2) is 0 Å². The van der Waals surface area contributed by atoms with E-state index in [0.29, 0.717) is 31.3 Å². The van der Waals surface area contributed by atoms with Gasteiger partial charge in [0.25, 0.3) is 0 Å². The molecule has 1 aromatic heterocycles. The third kappa shape index (κ3) is 4.88. The van der Waals surface area contributed by atoms with Crippen molar-refractivity contribution in [1.82, 2.24) is 4.98 Å². The minimum atomic E-state index is -0.679. The molecule has 0 spiro atoms. The summed E-state index contributed by atoms with van der Waals surface area (Å²) in [6, 6.07) is 20.2. The SMILES string of the molecule is CCC(C(=O)O)C1CCC2C=C(OCCc3nc(-c4ccccc4)oc3C)C(c3ccccc3)=CC21. The number of aliphatic carboxylic acids is 1. The fourth-order valence-electron chi connectivity index (χ4n) is 5.82. The van der Waals surface area contributed by atoms with E-state index in [1.807, 2.05) is 62.4 Å². The Balaban J connectivity index is 1.34. The van der Waals surface area contributed by atoms with Crippen LogP contribution in [-0.4, -0.2) is 22.7 Å². The summed E-state index contributed by atoms with van der Waals surface area (Å²) >= 11 is 0. The quantitative estimate of drug-likeness (QED) is 0.357. The zero-order valence-corrected chi connectivity index (χ0v) is 20.9. The van der Waals surface area contributed by atoms with Crippen molar-refractivity contribution in [1.29, 1.82) is 0 Å². The fourth-order valence-corrected chi connectivity index (χ4v) is 5.82. The van der Waals surface area contributed by atoms with Crippen molar-refractivity contribution in [3.05, 3.63) is 95.6 Å². The Bertz CT molecular complexity index is 1260. The third-order valence-corrected chi connectivity index (χ3v) is 7.68. The first-order valence-electron chi connectivity index (χ1n) is 12.9. The summed E-state index contributed by atoms with van der Waals surface area (Å²) in [7, 11) is 0. The molecule has 4 unspecified atom stereocenters. The van der Waals surface area contributed by atoms with Crippen molar-refractivity contribution in [2.45, 2.75) is 39.5 Å². The Kier molecular flexibility index (Phi) is 7.08. The molecule has 4 atom stereocenters. The summed E-state index contributed by atoms with van der Waals surface area (Å²) in [6.07, 6.45) is 7.76. The van der Waals surface area contributed by atoms with Crippen LogP contribution in [0.5, 0.6) is 0 Å². The average Bonchev–Trinajstić information content (AvgIpc) is 3.48. The van der Waals surface area contributed by atoms with Crippen LogP contribution in [0.2, 0.25) is 0 Å². The van der Waals surface area contributed by atoms with Crippen molar-refractivity contribution < 1.29 is 19.1 Å². The van der Waals surface area contributed by atoms with E-state index in [9.17, 15) is 9.90 Å². The van der Waals surface area contributed by atoms with E-state index in [2.05, 4.69) is 24.3 Å². The summed E-state index contributed by atoms with van der Waals surface area (Å²) < 4.78 is 12.3. The molecule has 1 heterocycles. The van der Waals surface area contributed by atoms with Gasteiger partial charge in [-0.3, -0.25) is 4.79 Å². The summed E-state index contributed by atoms with van der Waals surface area (Å²) in [5.74, 6) is 2.03. The van der Waals surface area contributed by atoms with E-state index in [4.69, 9.17) is 14.1 Å². The van der Waals surface area contributed by atoms with E-state index in [-0.39, 0.29) is 17.8 Å². The molecule has 0 saturated heterocycles. The molecule has 2 aromatic carbocycles. The first kappa shape index (κ1) is 24.1. The molecular weight excluding hydrogens is 450 g/mol. The topological polar surface area (TPSA) is 72.6 Å². The molecular formula is C31H33NO4. The number of carboxylic acids is 1. The van der Waals surface area contributed by atoms with Gasteiger partial charge >= 0.3 is 5.97 Å². The molecule has 5 heteroatoms. The summed E-state index contributed by atoms with van der Waals surface area (Å²) in [5, 5.41) is 9.81. The number of carbonyl (C=O) groups is 1. The number of hydrogen-bond acceptors (Lipinski definition) is 4. The van der Waals surface area contributed by atoms with Crippen LogP contribution in [0.25, 0.3) is 17.0 Å². The highest BCUT2D eigenvalue weighted by Crippen LogP contribution is 2.49. The van der Waals surface area contributed by atoms with Gasteiger partial charge in [-0.05, 0) is 67.7 Å². The second-order valence-electron chi connectivity index (χ2n) is 9.80. The molecule has 5 nitrogen and oxygen atoms in total. The van der Waals surface area contributed by atoms with Crippen LogP contribution in [-0.2, 0) is 16.0 Å². The van der Waals surface area contributed by atoms with Crippen LogP contribution >= 0.6 is 0 Å². The molecule has 0 bridgehead atoms. The first-order chi connectivity index (χ1) is 17.5. The molecule has 2 aliphatic rings. The molecule has 1 N–H and O–H groups in total. The highest BCUT2D eigenvalue weighted by atomic mass is 16.5. The molecule has 3 aromatic rings. The standard InChI is InChI=1S/C31H33NO4/c1-3-24(31(33)34)25-15-14-23-18-29(27(19-26(23)25)21-10-6-4-7-11-21)35-17-16-28-20(2)36-30(32-28)22-12-8-5-9-13-22/h4-13,18-19,23-26H,3,14-17H2,1-2H3,(H,33,34). The summed E-state index contributed by atoms with van der Waals surface area (Å²) in [6.45, 7) is 4.42. The lowest BCUT2D eigenvalue weighted by Crippen LogP contribution is -2.28. The van der Waals surface area contributed by atoms with Crippen molar-refractivity contribution in [3.8, 4) is 11.5 Å². The van der Waals surface area contributed by atoms with E-state index in [0.717, 1.165) is 46.8 Å². The Morgan fingerprint density at radius 3 is 2.42 bits per heavy atom. The number of oxazole rings is 1. The van der Waals surface area contributed by atoms with Crippen molar-refractivity contribution in [2.75, 3.05) is 6.61 Å². The summed E-state index contributed by atoms with van der Waals surface area (Å²) in [5.41, 5.74) is 4.03. The number of ether oxygens (including phenoxy) is 1. The van der Waals surface area contributed by atoms with Gasteiger partial charge in [-0.15, -0.1) is 0 Å². The number of aromatic nitrogens is 1. The number of nitrogens with zero attached hydrogens (tertiary/aromatic N) is 1. The van der Waals surface area contributed by atoms with Crippen molar-refractivity contribution in [3.63, 3.8) is 0 Å². The normalized spacial score (nSPS) is 21.9. The largest absolute Gasteiger partial charge is 0.493 e. The molecule has 1 fully saturated rings. The van der Waals surface area contributed by atoms with Gasteiger partial charge in [-0.1, -0.05) is 61.5 Å². The van der Waals surface area contributed by atoms with E-state index < -0.39 is 5.97 Å². The predicted octanol–water partition coefficient (Wildman–Crippen LogP) is 6.94. The summed E-state index contributed by atoms with van der Waals surface area (Å²) in [4.78, 5) is 16.6. The Morgan fingerprint density at radius 2 is 1.75 bits per heavy atom. The molecule has 36 heavy (non-hydrogen) atoms. The second-order valence-corrected chi connectivity index (χ2v) is 9.80. The van der Waals surface area contributed by atoms with Gasteiger partial charge < -0.3 is 14.3 Å². The fraction of sp³-hybridized carbons (Fsp3) is 0.355. The molecule has 0 amide bonds. The highest BCUT2D eigenvalue weighted by Gasteiger charge is 2.42. The van der Waals surface area contributed by atoms with Gasteiger partial charge in [0, 0.05) is 17.6 Å². The van der Waals surface area contributed by atoms with Gasteiger partial charge in [-0.2, -0.15) is 0 Å². The smallest absolute Gasteiger partial charge is 0.306 e. The predicted molar refractivity (Wildman–Crippen MR) is 140 cm³/mol. The average molecular weight is 484 g/mol. The lowest BCUT2D eigenvalue weighted by molar-refractivity contribution is -0.144. The molecule has 0 aliphatic heterocycles. The molecule has 2 aliphatic carbocycles. The van der Waals surface area contributed by atoms with Crippen LogP contribution in [0.1, 0.15) is 43.2 Å². The van der Waals surface area contributed by atoms with Gasteiger partial charge in [0.1, 0.15) is 11.5 Å². The monoisotopic (exact) mass is 483 g/mol. The van der Waals surface area contributed by atoms with Gasteiger partial charge in [0.05, 0.1) is 18.2 Å². The molecule has 1 saturated carbocycles.